The van der Waals surface area contributed by atoms with E-state index in [0.717, 1.165) is 50.5 Å². The normalized spacial score (nSPS) is 20.6. The molecule has 2 aliphatic rings. The first kappa shape index (κ1) is 17.9. The SMILES string of the molecule is COc1ccccc1N1CCN(C(=O)c2ccn(C3CCCNC3)n2)CC1. The number of hydrogen-bond acceptors (Lipinski definition) is 5. The number of hydrogen-bond donors (Lipinski definition) is 1. The highest BCUT2D eigenvalue weighted by Gasteiger charge is 2.26. The Balaban J connectivity index is 1.38. The molecule has 0 spiro atoms. The minimum Gasteiger partial charge on any atom is -0.495 e. The lowest BCUT2D eigenvalue weighted by Crippen LogP contribution is -2.49. The predicted molar refractivity (Wildman–Crippen MR) is 104 cm³/mol. The highest BCUT2D eigenvalue weighted by atomic mass is 16.5. The summed E-state index contributed by atoms with van der Waals surface area (Å²) in [7, 11) is 1.69. The second-order valence-electron chi connectivity index (χ2n) is 7.13. The minimum absolute atomic E-state index is 0.0252. The first-order valence-corrected chi connectivity index (χ1v) is 9.69. The van der Waals surface area contributed by atoms with Gasteiger partial charge >= 0.3 is 0 Å². The maximum atomic E-state index is 12.9. The van der Waals surface area contributed by atoms with Gasteiger partial charge in [-0.3, -0.25) is 9.48 Å². The number of amides is 1. The molecule has 1 aromatic heterocycles. The van der Waals surface area contributed by atoms with Crippen molar-refractivity contribution >= 4 is 11.6 Å². The highest BCUT2D eigenvalue weighted by molar-refractivity contribution is 5.92. The van der Waals surface area contributed by atoms with Crippen LogP contribution in [0.1, 0.15) is 29.4 Å². The Bertz CT molecular complexity index is 776. The van der Waals surface area contributed by atoms with E-state index in [4.69, 9.17) is 4.74 Å². The van der Waals surface area contributed by atoms with Crippen molar-refractivity contribution in [2.75, 3.05) is 51.3 Å². The van der Waals surface area contributed by atoms with Crippen LogP contribution in [0.2, 0.25) is 0 Å². The Hall–Kier alpha value is -2.54. The van der Waals surface area contributed by atoms with E-state index in [0.29, 0.717) is 24.8 Å². The van der Waals surface area contributed by atoms with Gasteiger partial charge in [-0.05, 0) is 37.6 Å². The van der Waals surface area contributed by atoms with Crippen LogP contribution in [0.15, 0.2) is 36.5 Å². The molecule has 2 fully saturated rings. The number of carbonyl (C=O) groups excluding carboxylic acids is 1. The largest absolute Gasteiger partial charge is 0.495 e. The van der Waals surface area contributed by atoms with Crippen LogP contribution in [0, 0.1) is 0 Å². The number of methoxy groups -OCH3 is 1. The number of benzene rings is 1. The van der Waals surface area contributed by atoms with E-state index < -0.39 is 0 Å². The zero-order chi connectivity index (χ0) is 18.6. The Labute approximate surface area is 159 Å². The third-order valence-electron chi connectivity index (χ3n) is 5.47. The van der Waals surface area contributed by atoms with Gasteiger partial charge in [-0.2, -0.15) is 5.10 Å². The Morgan fingerprint density at radius 2 is 2.00 bits per heavy atom. The maximum Gasteiger partial charge on any atom is 0.274 e. The fraction of sp³-hybridized carbons (Fsp3) is 0.500. The number of aromatic nitrogens is 2. The number of nitrogens with one attached hydrogen (secondary N) is 1. The van der Waals surface area contributed by atoms with Crippen LogP contribution in [0.3, 0.4) is 0 Å². The van der Waals surface area contributed by atoms with Crippen molar-refractivity contribution in [3.8, 4) is 5.75 Å². The molecule has 3 heterocycles. The lowest BCUT2D eigenvalue weighted by Gasteiger charge is -2.36. The van der Waals surface area contributed by atoms with Crippen molar-refractivity contribution in [2.24, 2.45) is 0 Å². The zero-order valence-electron chi connectivity index (χ0n) is 15.8. The molecular weight excluding hydrogens is 342 g/mol. The average molecular weight is 369 g/mol. The summed E-state index contributed by atoms with van der Waals surface area (Å²) >= 11 is 0. The first-order chi connectivity index (χ1) is 13.3. The standard InChI is InChI=1S/C20H27N5O2/c1-27-19-7-3-2-6-18(19)23-11-13-24(14-12-23)20(26)17-8-10-25(22-17)16-5-4-9-21-15-16/h2-3,6-8,10,16,21H,4-5,9,11-15H2,1H3. The molecular formula is C20H27N5O2. The summed E-state index contributed by atoms with van der Waals surface area (Å²) in [5.74, 6) is 0.898. The lowest BCUT2D eigenvalue weighted by molar-refractivity contribution is 0.0739. The molecule has 1 unspecified atom stereocenters. The molecule has 0 bridgehead atoms. The molecule has 2 saturated heterocycles. The number of para-hydroxylation sites is 2. The van der Waals surface area contributed by atoms with Crippen molar-refractivity contribution < 1.29 is 9.53 Å². The first-order valence-electron chi connectivity index (χ1n) is 9.69. The minimum atomic E-state index is 0.0252. The lowest BCUT2D eigenvalue weighted by atomic mass is 10.1. The molecule has 1 aromatic carbocycles. The van der Waals surface area contributed by atoms with Gasteiger partial charge in [0.2, 0.25) is 0 Å². The molecule has 0 radical (unpaired) electrons. The topological polar surface area (TPSA) is 62.6 Å². The number of carbonyl (C=O) groups is 1. The van der Waals surface area contributed by atoms with E-state index in [-0.39, 0.29) is 5.91 Å². The molecule has 0 aliphatic carbocycles. The summed E-state index contributed by atoms with van der Waals surface area (Å²) in [6.45, 7) is 4.95. The molecule has 2 aromatic rings. The Kier molecular flexibility index (Phi) is 5.29. The van der Waals surface area contributed by atoms with E-state index in [2.05, 4.69) is 21.4 Å². The molecule has 4 rings (SSSR count). The number of piperazine rings is 1. The molecule has 1 amide bonds. The van der Waals surface area contributed by atoms with Crippen LogP contribution in [-0.4, -0.2) is 67.0 Å². The van der Waals surface area contributed by atoms with Crippen molar-refractivity contribution in [3.05, 3.63) is 42.2 Å². The number of nitrogens with zero attached hydrogens (tertiary/aromatic N) is 4. The molecule has 27 heavy (non-hydrogen) atoms. The van der Waals surface area contributed by atoms with Gasteiger partial charge < -0.3 is 19.9 Å². The predicted octanol–water partition coefficient (Wildman–Crippen LogP) is 1.78. The van der Waals surface area contributed by atoms with Crippen LogP contribution in [0.25, 0.3) is 0 Å². The summed E-state index contributed by atoms with van der Waals surface area (Å²) < 4.78 is 7.41. The van der Waals surface area contributed by atoms with Gasteiger partial charge in [0, 0.05) is 38.9 Å². The van der Waals surface area contributed by atoms with Crippen molar-refractivity contribution in [2.45, 2.75) is 18.9 Å². The van der Waals surface area contributed by atoms with Gasteiger partial charge in [-0.25, -0.2) is 0 Å². The van der Waals surface area contributed by atoms with Gasteiger partial charge in [0.25, 0.3) is 5.91 Å². The average Bonchev–Trinajstić information content (AvgIpc) is 3.24. The molecule has 2 aliphatic heterocycles. The smallest absolute Gasteiger partial charge is 0.274 e. The highest BCUT2D eigenvalue weighted by Crippen LogP contribution is 2.28. The second-order valence-corrected chi connectivity index (χ2v) is 7.13. The van der Waals surface area contributed by atoms with Gasteiger partial charge in [0.1, 0.15) is 11.4 Å². The van der Waals surface area contributed by atoms with Crippen LogP contribution in [0.5, 0.6) is 5.75 Å². The fourth-order valence-corrected chi connectivity index (χ4v) is 3.92. The molecule has 7 heteroatoms. The van der Waals surface area contributed by atoms with E-state index in [9.17, 15) is 4.79 Å². The number of ether oxygens (including phenoxy) is 1. The van der Waals surface area contributed by atoms with E-state index in [1.807, 2.05) is 40.0 Å². The Morgan fingerprint density at radius 3 is 2.74 bits per heavy atom. The molecule has 7 nitrogen and oxygen atoms in total. The molecule has 1 N–H and O–H groups in total. The zero-order valence-corrected chi connectivity index (χ0v) is 15.8. The summed E-state index contributed by atoms with van der Waals surface area (Å²) in [6, 6.07) is 10.2. The number of rotatable bonds is 4. The van der Waals surface area contributed by atoms with E-state index in [1.165, 1.54) is 0 Å². The third kappa shape index (κ3) is 3.78. The second kappa shape index (κ2) is 8.00. The molecule has 0 saturated carbocycles. The fourth-order valence-electron chi connectivity index (χ4n) is 3.92. The summed E-state index contributed by atoms with van der Waals surface area (Å²) in [5, 5.41) is 7.96. The quantitative estimate of drug-likeness (QED) is 0.890. The number of anilines is 1. The molecule has 1 atom stereocenters. The van der Waals surface area contributed by atoms with Crippen LogP contribution in [-0.2, 0) is 0 Å². The van der Waals surface area contributed by atoms with Crippen molar-refractivity contribution in [1.82, 2.24) is 20.0 Å². The monoisotopic (exact) mass is 369 g/mol. The van der Waals surface area contributed by atoms with Crippen LogP contribution in [0.4, 0.5) is 5.69 Å². The van der Waals surface area contributed by atoms with E-state index in [1.54, 1.807) is 7.11 Å². The van der Waals surface area contributed by atoms with E-state index >= 15 is 0 Å². The van der Waals surface area contributed by atoms with Crippen LogP contribution >= 0.6 is 0 Å². The van der Waals surface area contributed by atoms with Crippen molar-refractivity contribution in [3.63, 3.8) is 0 Å². The van der Waals surface area contributed by atoms with Gasteiger partial charge in [-0.1, -0.05) is 12.1 Å². The third-order valence-corrected chi connectivity index (χ3v) is 5.47. The number of piperidine rings is 1. The Morgan fingerprint density at radius 1 is 1.19 bits per heavy atom. The summed E-state index contributed by atoms with van der Waals surface area (Å²) in [4.78, 5) is 17.0. The van der Waals surface area contributed by atoms with Gasteiger partial charge in [0.05, 0.1) is 18.8 Å². The van der Waals surface area contributed by atoms with Crippen molar-refractivity contribution in [1.29, 1.82) is 0 Å². The summed E-state index contributed by atoms with van der Waals surface area (Å²) in [5.41, 5.74) is 1.63. The summed E-state index contributed by atoms with van der Waals surface area (Å²) in [6.07, 6.45) is 4.20. The van der Waals surface area contributed by atoms with Crippen LogP contribution < -0.4 is 15.0 Å². The van der Waals surface area contributed by atoms with Gasteiger partial charge in [-0.15, -0.1) is 0 Å². The maximum absolute atomic E-state index is 12.9. The molecule has 144 valence electrons. The van der Waals surface area contributed by atoms with Gasteiger partial charge in [0.15, 0.2) is 0 Å².